The Morgan fingerprint density at radius 2 is 2.25 bits per heavy atom. The van der Waals surface area contributed by atoms with Crippen LogP contribution in [0.3, 0.4) is 0 Å². The molecule has 84 valence electrons. The second-order valence-electron chi connectivity index (χ2n) is 3.42. The molecule has 0 radical (unpaired) electrons. The molecule has 1 fully saturated rings. The van der Waals surface area contributed by atoms with Gasteiger partial charge in [-0.05, 0) is 22.9 Å². The predicted octanol–water partition coefficient (Wildman–Crippen LogP) is 0.0904. The summed E-state index contributed by atoms with van der Waals surface area (Å²) < 4.78 is 0.614. The zero-order chi connectivity index (χ0) is 11.7. The van der Waals surface area contributed by atoms with Crippen LogP contribution in [0.4, 0.5) is 5.82 Å². The SMILES string of the molecule is CC1C(=O)NC(=O)CN1c1cc(Br)ncn1. The van der Waals surface area contributed by atoms with Crippen LogP contribution in [0, 0.1) is 0 Å². The van der Waals surface area contributed by atoms with Crippen molar-refractivity contribution in [2.45, 2.75) is 13.0 Å². The van der Waals surface area contributed by atoms with Crippen molar-refractivity contribution in [1.29, 1.82) is 0 Å². The lowest BCUT2D eigenvalue weighted by atomic mass is 10.2. The van der Waals surface area contributed by atoms with Gasteiger partial charge in [-0.15, -0.1) is 0 Å². The Kier molecular flexibility index (Phi) is 2.86. The molecule has 1 unspecified atom stereocenters. The van der Waals surface area contributed by atoms with Crippen molar-refractivity contribution in [2.75, 3.05) is 11.4 Å². The molecule has 2 heterocycles. The molecule has 1 aromatic heterocycles. The molecule has 16 heavy (non-hydrogen) atoms. The van der Waals surface area contributed by atoms with E-state index in [2.05, 4.69) is 31.2 Å². The minimum absolute atomic E-state index is 0.121. The Labute approximate surface area is 100 Å². The monoisotopic (exact) mass is 284 g/mol. The number of hydrogen-bond acceptors (Lipinski definition) is 5. The molecule has 0 aromatic carbocycles. The fraction of sp³-hybridized carbons (Fsp3) is 0.333. The van der Waals surface area contributed by atoms with Gasteiger partial charge < -0.3 is 4.90 Å². The summed E-state index contributed by atoms with van der Waals surface area (Å²) in [6.07, 6.45) is 1.38. The number of anilines is 1. The van der Waals surface area contributed by atoms with E-state index in [0.717, 1.165) is 0 Å². The van der Waals surface area contributed by atoms with Crippen LogP contribution >= 0.6 is 15.9 Å². The van der Waals surface area contributed by atoms with Crippen molar-refractivity contribution in [3.8, 4) is 0 Å². The molecule has 1 aliphatic heterocycles. The van der Waals surface area contributed by atoms with E-state index in [1.54, 1.807) is 17.9 Å². The third-order valence-corrected chi connectivity index (χ3v) is 2.77. The minimum Gasteiger partial charge on any atom is -0.335 e. The molecule has 1 atom stereocenters. The summed E-state index contributed by atoms with van der Waals surface area (Å²) in [7, 11) is 0. The van der Waals surface area contributed by atoms with Gasteiger partial charge in [0.05, 0.1) is 6.54 Å². The first kappa shape index (κ1) is 11.0. The lowest BCUT2D eigenvalue weighted by Gasteiger charge is -2.32. The van der Waals surface area contributed by atoms with Gasteiger partial charge in [0.1, 0.15) is 22.8 Å². The Morgan fingerprint density at radius 1 is 1.50 bits per heavy atom. The topological polar surface area (TPSA) is 75.2 Å². The average Bonchev–Trinajstić information content (AvgIpc) is 2.23. The highest BCUT2D eigenvalue weighted by molar-refractivity contribution is 9.10. The molecule has 1 saturated heterocycles. The molecule has 0 saturated carbocycles. The van der Waals surface area contributed by atoms with Crippen LogP contribution in [0.1, 0.15) is 6.92 Å². The molecule has 7 heteroatoms. The van der Waals surface area contributed by atoms with Crippen LogP contribution in [0.25, 0.3) is 0 Å². The van der Waals surface area contributed by atoms with Crippen LogP contribution < -0.4 is 10.2 Å². The molecule has 0 spiro atoms. The van der Waals surface area contributed by atoms with Gasteiger partial charge >= 0.3 is 0 Å². The lowest BCUT2D eigenvalue weighted by Crippen LogP contribution is -2.57. The zero-order valence-corrected chi connectivity index (χ0v) is 10.1. The van der Waals surface area contributed by atoms with Crippen LogP contribution in [-0.2, 0) is 9.59 Å². The van der Waals surface area contributed by atoms with E-state index in [-0.39, 0.29) is 18.4 Å². The van der Waals surface area contributed by atoms with Gasteiger partial charge in [-0.2, -0.15) is 0 Å². The normalized spacial score (nSPS) is 20.9. The highest BCUT2D eigenvalue weighted by Gasteiger charge is 2.31. The number of hydrogen-bond donors (Lipinski definition) is 1. The van der Waals surface area contributed by atoms with E-state index in [4.69, 9.17) is 0 Å². The number of imide groups is 1. The number of piperazine rings is 1. The Hall–Kier alpha value is -1.50. The summed E-state index contributed by atoms with van der Waals surface area (Å²) in [4.78, 5) is 32.3. The fourth-order valence-corrected chi connectivity index (χ4v) is 1.77. The molecule has 2 rings (SSSR count). The first-order valence-electron chi connectivity index (χ1n) is 4.66. The molecule has 2 amide bonds. The van der Waals surface area contributed by atoms with Crippen molar-refractivity contribution in [3.05, 3.63) is 17.0 Å². The van der Waals surface area contributed by atoms with E-state index in [1.807, 2.05) is 0 Å². The van der Waals surface area contributed by atoms with Gasteiger partial charge in [-0.1, -0.05) is 0 Å². The van der Waals surface area contributed by atoms with Crippen molar-refractivity contribution in [3.63, 3.8) is 0 Å². The minimum atomic E-state index is -0.417. The van der Waals surface area contributed by atoms with Crippen LogP contribution in [-0.4, -0.2) is 34.4 Å². The van der Waals surface area contributed by atoms with E-state index in [9.17, 15) is 9.59 Å². The van der Waals surface area contributed by atoms with Crippen LogP contribution in [0.2, 0.25) is 0 Å². The lowest BCUT2D eigenvalue weighted by molar-refractivity contribution is -0.132. The van der Waals surface area contributed by atoms with Crippen molar-refractivity contribution < 1.29 is 9.59 Å². The van der Waals surface area contributed by atoms with Gasteiger partial charge in [0.15, 0.2) is 0 Å². The summed E-state index contributed by atoms with van der Waals surface area (Å²) >= 11 is 3.22. The fourth-order valence-electron chi connectivity index (χ4n) is 1.48. The number of rotatable bonds is 1. The van der Waals surface area contributed by atoms with Crippen LogP contribution in [0.5, 0.6) is 0 Å². The Balaban J connectivity index is 2.32. The number of carbonyl (C=O) groups is 2. The second kappa shape index (κ2) is 4.17. The van der Waals surface area contributed by atoms with Crippen LogP contribution in [0.15, 0.2) is 17.0 Å². The highest BCUT2D eigenvalue weighted by Crippen LogP contribution is 2.18. The van der Waals surface area contributed by atoms with E-state index in [1.165, 1.54) is 6.33 Å². The number of nitrogens with zero attached hydrogens (tertiary/aromatic N) is 3. The van der Waals surface area contributed by atoms with E-state index >= 15 is 0 Å². The summed E-state index contributed by atoms with van der Waals surface area (Å²) in [5.41, 5.74) is 0. The number of carbonyl (C=O) groups excluding carboxylic acids is 2. The van der Waals surface area contributed by atoms with Gasteiger partial charge in [-0.25, -0.2) is 9.97 Å². The smallest absolute Gasteiger partial charge is 0.249 e. The largest absolute Gasteiger partial charge is 0.335 e. The third-order valence-electron chi connectivity index (χ3n) is 2.34. The summed E-state index contributed by atoms with van der Waals surface area (Å²) in [6, 6.07) is 1.25. The summed E-state index contributed by atoms with van der Waals surface area (Å²) in [5, 5.41) is 2.27. The zero-order valence-electron chi connectivity index (χ0n) is 8.48. The molecular weight excluding hydrogens is 276 g/mol. The molecule has 1 N–H and O–H groups in total. The Morgan fingerprint density at radius 3 is 2.94 bits per heavy atom. The third kappa shape index (κ3) is 2.04. The quantitative estimate of drug-likeness (QED) is 0.584. The van der Waals surface area contributed by atoms with Crippen molar-refractivity contribution >= 4 is 33.6 Å². The maximum atomic E-state index is 11.4. The molecule has 0 aliphatic carbocycles. The standard InChI is InChI=1S/C9H9BrN4O2/c1-5-9(16)13-8(15)3-14(5)7-2-6(10)11-4-12-7/h2,4-5H,3H2,1H3,(H,13,15,16). The first-order chi connectivity index (χ1) is 7.58. The Bertz CT molecular complexity index is 451. The maximum absolute atomic E-state index is 11.4. The number of amides is 2. The molecule has 6 nitrogen and oxygen atoms in total. The van der Waals surface area contributed by atoms with Gasteiger partial charge in [0.25, 0.3) is 0 Å². The van der Waals surface area contributed by atoms with Gasteiger partial charge in [-0.3, -0.25) is 14.9 Å². The molecule has 0 bridgehead atoms. The maximum Gasteiger partial charge on any atom is 0.249 e. The highest BCUT2D eigenvalue weighted by atomic mass is 79.9. The molecular formula is C9H9BrN4O2. The predicted molar refractivity (Wildman–Crippen MR) is 59.7 cm³/mol. The molecule has 1 aromatic rings. The van der Waals surface area contributed by atoms with Crippen molar-refractivity contribution in [2.24, 2.45) is 0 Å². The summed E-state index contributed by atoms with van der Waals surface area (Å²) in [5.74, 6) is -0.0820. The molecule has 1 aliphatic rings. The average molecular weight is 285 g/mol. The second-order valence-corrected chi connectivity index (χ2v) is 4.23. The number of aromatic nitrogens is 2. The number of nitrogens with one attached hydrogen (secondary N) is 1. The van der Waals surface area contributed by atoms with Crippen molar-refractivity contribution in [1.82, 2.24) is 15.3 Å². The number of halogens is 1. The van der Waals surface area contributed by atoms with E-state index in [0.29, 0.717) is 10.4 Å². The van der Waals surface area contributed by atoms with Gasteiger partial charge in [0, 0.05) is 6.07 Å². The summed E-state index contributed by atoms with van der Waals surface area (Å²) in [6.45, 7) is 1.84. The first-order valence-corrected chi connectivity index (χ1v) is 5.45. The van der Waals surface area contributed by atoms with E-state index < -0.39 is 6.04 Å². The van der Waals surface area contributed by atoms with Gasteiger partial charge in [0.2, 0.25) is 11.8 Å².